The summed E-state index contributed by atoms with van der Waals surface area (Å²) in [6.45, 7) is 3.78. The van der Waals surface area contributed by atoms with Gasteiger partial charge in [0, 0.05) is 37.7 Å². The summed E-state index contributed by atoms with van der Waals surface area (Å²) in [6, 6.07) is 5.04. The Kier molecular flexibility index (Phi) is 5.42. The van der Waals surface area contributed by atoms with Crippen LogP contribution < -0.4 is 5.32 Å². The van der Waals surface area contributed by atoms with Gasteiger partial charge >= 0.3 is 6.18 Å². The van der Waals surface area contributed by atoms with E-state index in [2.05, 4.69) is 27.0 Å². The van der Waals surface area contributed by atoms with Crippen LogP contribution in [0, 0.1) is 17.3 Å². The van der Waals surface area contributed by atoms with E-state index >= 15 is 0 Å². The van der Waals surface area contributed by atoms with Crippen molar-refractivity contribution in [1.29, 1.82) is 0 Å². The fourth-order valence-corrected chi connectivity index (χ4v) is 3.46. The standard InChI is InChI=1S/C19H22F3N3O/c1-23-17(25-10-7-18(13-25)8-11-26-14-18)24-9-3-5-15-4-2-6-16(12-15)19(20,21)22/h2,4,6,12H,7-11,13-14H2,1H3,(H,23,24). The minimum atomic E-state index is -4.35. The summed E-state index contributed by atoms with van der Waals surface area (Å²) >= 11 is 0. The first-order valence-corrected chi connectivity index (χ1v) is 8.61. The number of nitrogens with zero attached hydrogens (tertiary/aromatic N) is 2. The lowest BCUT2D eigenvalue weighted by molar-refractivity contribution is -0.137. The van der Waals surface area contributed by atoms with E-state index in [-0.39, 0.29) is 5.41 Å². The van der Waals surface area contributed by atoms with E-state index in [0.717, 1.165) is 57.2 Å². The Hall–Kier alpha value is -2.20. The monoisotopic (exact) mass is 365 g/mol. The maximum absolute atomic E-state index is 12.7. The van der Waals surface area contributed by atoms with Gasteiger partial charge in [0.1, 0.15) is 0 Å². The van der Waals surface area contributed by atoms with Crippen molar-refractivity contribution in [2.24, 2.45) is 10.4 Å². The number of rotatable bonds is 1. The van der Waals surface area contributed by atoms with Crippen LogP contribution in [-0.4, -0.2) is 50.8 Å². The van der Waals surface area contributed by atoms with E-state index in [9.17, 15) is 13.2 Å². The van der Waals surface area contributed by atoms with Gasteiger partial charge in [-0.05, 0) is 31.0 Å². The van der Waals surface area contributed by atoms with Crippen molar-refractivity contribution in [3.8, 4) is 11.8 Å². The molecule has 2 aliphatic heterocycles. The van der Waals surface area contributed by atoms with Crippen molar-refractivity contribution in [3.63, 3.8) is 0 Å². The molecular formula is C19H22F3N3O. The summed E-state index contributed by atoms with van der Waals surface area (Å²) in [5, 5.41) is 3.17. The first-order chi connectivity index (χ1) is 12.4. The van der Waals surface area contributed by atoms with Gasteiger partial charge < -0.3 is 15.0 Å². The molecule has 2 fully saturated rings. The van der Waals surface area contributed by atoms with Crippen LogP contribution >= 0.6 is 0 Å². The molecule has 0 amide bonds. The molecule has 2 aliphatic rings. The Morgan fingerprint density at radius 3 is 2.92 bits per heavy atom. The van der Waals surface area contributed by atoms with Crippen molar-refractivity contribution in [3.05, 3.63) is 35.4 Å². The lowest BCUT2D eigenvalue weighted by atomic mass is 9.87. The number of hydrogen-bond donors (Lipinski definition) is 1. The largest absolute Gasteiger partial charge is 0.416 e. The summed E-state index contributed by atoms with van der Waals surface area (Å²) in [4.78, 5) is 6.48. The molecule has 1 aromatic rings. The molecule has 0 aromatic heterocycles. The predicted octanol–water partition coefficient (Wildman–Crippen LogP) is 2.74. The summed E-state index contributed by atoms with van der Waals surface area (Å²) in [7, 11) is 1.72. The normalized spacial score (nSPS) is 23.2. The third-order valence-electron chi connectivity index (χ3n) is 4.89. The number of benzene rings is 1. The zero-order valence-electron chi connectivity index (χ0n) is 14.7. The fourth-order valence-electron chi connectivity index (χ4n) is 3.46. The lowest BCUT2D eigenvalue weighted by Crippen LogP contribution is -2.41. The van der Waals surface area contributed by atoms with E-state index in [0.29, 0.717) is 12.1 Å². The Morgan fingerprint density at radius 2 is 2.23 bits per heavy atom. The highest BCUT2D eigenvalue weighted by Gasteiger charge is 2.42. The van der Waals surface area contributed by atoms with Crippen LogP contribution in [0.3, 0.4) is 0 Å². The second-order valence-corrected chi connectivity index (χ2v) is 6.76. The number of ether oxygens (including phenoxy) is 1. The molecule has 2 heterocycles. The minimum absolute atomic E-state index is 0.237. The van der Waals surface area contributed by atoms with Crippen LogP contribution in [0.4, 0.5) is 13.2 Å². The topological polar surface area (TPSA) is 36.9 Å². The summed E-state index contributed by atoms with van der Waals surface area (Å²) in [5.41, 5.74) is -0.101. The zero-order valence-corrected chi connectivity index (χ0v) is 14.7. The van der Waals surface area contributed by atoms with Crippen molar-refractivity contribution in [1.82, 2.24) is 10.2 Å². The summed E-state index contributed by atoms with van der Waals surface area (Å²) in [6.07, 6.45) is -2.19. The second-order valence-electron chi connectivity index (χ2n) is 6.76. The number of guanidine groups is 1. The molecule has 140 valence electrons. The number of hydrogen-bond acceptors (Lipinski definition) is 2. The molecule has 0 saturated carbocycles. The molecule has 3 rings (SSSR count). The zero-order chi connectivity index (χ0) is 18.6. The van der Waals surface area contributed by atoms with Crippen LogP contribution in [-0.2, 0) is 10.9 Å². The second kappa shape index (κ2) is 7.58. The minimum Gasteiger partial charge on any atom is -0.381 e. The van der Waals surface area contributed by atoms with Crippen molar-refractivity contribution < 1.29 is 17.9 Å². The maximum Gasteiger partial charge on any atom is 0.416 e. The maximum atomic E-state index is 12.7. The van der Waals surface area contributed by atoms with Gasteiger partial charge in [-0.3, -0.25) is 4.99 Å². The first-order valence-electron chi connectivity index (χ1n) is 8.61. The van der Waals surface area contributed by atoms with E-state index in [1.54, 1.807) is 13.1 Å². The van der Waals surface area contributed by atoms with E-state index in [1.165, 1.54) is 6.07 Å². The van der Waals surface area contributed by atoms with Gasteiger partial charge in [0.05, 0.1) is 18.7 Å². The van der Waals surface area contributed by atoms with Crippen LogP contribution in [0.25, 0.3) is 0 Å². The van der Waals surface area contributed by atoms with Crippen molar-refractivity contribution in [2.45, 2.75) is 19.0 Å². The SMILES string of the molecule is CN=C(NCC#Cc1cccc(C(F)(F)F)c1)N1CCC2(CCOC2)C1. The molecule has 0 aliphatic carbocycles. The predicted molar refractivity (Wildman–Crippen MR) is 93.7 cm³/mol. The molecule has 1 aromatic carbocycles. The Labute approximate surface area is 151 Å². The highest BCUT2D eigenvalue weighted by Crippen LogP contribution is 2.38. The number of nitrogens with one attached hydrogen (secondary N) is 1. The van der Waals surface area contributed by atoms with Crippen LogP contribution in [0.2, 0.25) is 0 Å². The number of halogens is 3. The highest BCUT2D eigenvalue weighted by molar-refractivity contribution is 5.80. The van der Waals surface area contributed by atoms with Gasteiger partial charge in [0.15, 0.2) is 5.96 Å². The Balaban J connectivity index is 1.55. The molecule has 1 atom stereocenters. The Bertz CT molecular complexity index is 728. The first kappa shape index (κ1) is 18.6. The molecule has 4 nitrogen and oxygen atoms in total. The quantitative estimate of drug-likeness (QED) is 0.472. The summed E-state index contributed by atoms with van der Waals surface area (Å²) < 4.78 is 43.7. The van der Waals surface area contributed by atoms with Crippen LogP contribution in [0.1, 0.15) is 24.0 Å². The number of aliphatic imine (C=N–C) groups is 1. The molecule has 0 radical (unpaired) electrons. The van der Waals surface area contributed by atoms with Gasteiger partial charge in [-0.2, -0.15) is 13.2 Å². The van der Waals surface area contributed by atoms with Gasteiger partial charge in [0.25, 0.3) is 0 Å². The van der Waals surface area contributed by atoms with Crippen molar-refractivity contribution >= 4 is 5.96 Å². The van der Waals surface area contributed by atoms with E-state index in [1.807, 2.05) is 0 Å². The fraction of sp³-hybridized carbons (Fsp3) is 0.526. The molecule has 26 heavy (non-hydrogen) atoms. The molecule has 1 unspecified atom stereocenters. The average molecular weight is 365 g/mol. The van der Waals surface area contributed by atoms with E-state index in [4.69, 9.17) is 4.74 Å². The third kappa shape index (κ3) is 4.31. The lowest BCUT2D eigenvalue weighted by Gasteiger charge is -2.24. The van der Waals surface area contributed by atoms with Crippen LogP contribution in [0.5, 0.6) is 0 Å². The molecule has 2 saturated heterocycles. The third-order valence-corrected chi connectivity index (χ3v) is 4.89. The van der Waals surface area contributed by atoms with Gasteiger partial charge in [-0.1, -0.05) is 17.9 Å². The molecule has 7 heteroatoms. The Morgan fingerprint density at radius 1 is 1.38 bits per heavy atom. The number of likely N-dealkylation sites (tertiary alicyclic amines) is 1. The van der Waals surface area contributed by atoms with Gasteiger partial charge in [0.2, 0.25) is 0 Å². The van der Waals surface area contributed by atoms with E-state index < -0.39 is 11.7 Å². The van der Waals surface area contributed by atoms with Gasteiger partial charge in [-0.15, -0.1) is 0 Å². The van der Waals surface area contributed by atoms with Crippen molar-refractivity contribution in [2.75, 3.05) is 39.9 Å². The van der Waals surface area contributed by atoms with Gasteiger partial charge in [-0.25, -0.2) is 0 Å². The van der Waals surface area contributed by atoms with Crippen LogP contribution in [0.15, 0.2) is 29.3 Å². The molecular weight excluding hydrogens is 343 g/mol. The molecule has 1 N–H and O–H groups in total. The molecule has 0 bridgehead atoms. The molecule has 1 spiro atoms. The highest BCUT2D eigenvalue weighted by atomic mass is 19.4. The average Bonchev–Trinajstić information content (AvgIpc) is 3.25. The number of alkyl halides is 3. The smallest absolute Gasteiger partial charge is 0.381 e. The summed E-state index contributed by atoms with van der Waals surface area (Å²) in [5.74, 6) is 6.41.